The molecule has 2 aliphatic rings. The van der Waals surface area contributed by atoms with Crippen molar-refractivity contribution in [1.29, 1.82) is 5.26 Å². The minimum atomic E-state index is -0.619. The van der Waals surface area contributed by atoms with Crippen LogP contribution in [0.3, 0.4) is 0 Å². The molecule has 10 heteroatoms. The molecule has 0 saturated carbocycles. The number of nitriles is 1. The predicted molar refractivity (Wildman–Crippen MR) is 129 cm³/mol. The molecule has 10 nitrogen and oxygen atoms in total. The van der Waals surface area contributed by atoms with E-state index in [2.05, 4.69) is 6.07 Å². The third kappa shape index (κ3) is 5.53. The zero-order chi connectivity index (χ0) is 25.9. The summed E-state index contributed by atoms with van der Waals surface area (Å²) in [5, 5.41) is 14.8. The van der Waals surface area contributed by atoms with Crippen molar-refractivity contribution in [3.05, 3.63) is 41.1 Å². The molecule has 192 valence electrons. The Kier molecular flexibility index (Phi) is 7.62. The van der Waals surface area contributed by atoms with Gasteiger partial charge in [-0.3, -0.25) is 4.68 Å². The third-order valence-corrected chi connectivity index (χ3v) is 5.96. The largest absolute Gasteiger partial charge is 0.461 e. The summed E-state index contributed by atoms with van der Waals surface area (Å²) in [5.41, 5.74) is 1.54. The molecule has 0 spiro atoms. The van der Waals surface area contributed by atoms with Crippen LogP contribution in [0.2, 0.25) is 0 Å². The molecule has 2 aliphatic heterocycles. The molecule has 1 aromatic heterocycles. The fourth-order valence-electron chi connectivity index (χ4n) is 4.40. The number of hydrogen-bond acceptors (Lipinski definition) is 8. The van der Waals surface area contributed by atoms with Gasteiger partial charge in [0.15, 0.2) is 12.0 Å². The van der Waals surface area contributed by atoms with E-state index in [0.29, 0.717) is 50.4 Å². The molecule has 0 bridgehead atoms. The van der Waals surface area contributed by atoms with Gasteiger partial charge in [-0.15, -0.1) is 0 Å². The van der Waals surface area contributed by atoms with Gasteiger partial charge in [-0.1, -0.05) is 24.3 Å². The zero-order valence-corrected chi connectivity index (χ0v) is 21.2. The molecular weight excluding hydrogens is 464 g/mol. The van der Waals surface area contributed by atoms with Crippen molar-refractivity contribution in [2.24, 2.45) is 0 Å². The molecule has 2 saturated heterocycles. The van der Waals surface area contributed by atoms with Gasteiger partial charge in [0.25, 0.3) is 0 Å². The highest BCUT2D eigenvalue weighted by Gasteiger charge is 2.34. The molecule has 36 heavy (non-hydrogen) atoms. The summed E-state index contributed by atoms with van der Waals surface area (Å²) in [6.45, 7) is 9.27. The average Bonchev–Trinajstić information content (AvgIpc) is 3.52. The molecule has 0 radical (unpaired) electrons. The van der Waals surface area contributed by atoms with E-state index in [4.69, 9.17) is 24.0 Å². The lowest BCUT2D eigenvalue weighted by Crippen LogP contribution is -2.44. The van der Waals surface area contributed by atoms with Gasteiger partial charge >= 0.3 is 12.1 Å². The first-order valence-electron chi connectivity index (χ1n) is 12.2. The first kappa shape index (κ1) is 25.7. The van der Waals surface area contributed by atoms with Crippen molar-refractivity contribution in [2.45, 2.75) is 58.5 Å². The number of likely N-dealkylation sites (tertiary alicyclic amines) is 1. The molecule has 1 amide bonds. The highest BCUT2D eigenvalue weighted by molar-refractivity contribution is 5.93. The first-order chi connectivity index (χ1) is 17.2. The monoisotopic (exact) mass is 496 g/mol. The van der Waals surface area contributed by atoms with Crippen LogP contribution in [0.1, 0.15) is 74.5 Å². The lowest BCUT2D eigenvalue weighted by atomic mass is 10.0. The number of rotatable bonds is 5. The summed E-state index contributed by atoms with van der Waals surface area (Å²) < 4.78 is 23.5. The second kappa shape index (κ2) is 10.7. The van der Waals surface area contributed by atoms with Crippen molar-refractivity contribution >= 4 is 12.1 Å². The molecule has 0 unspecified atom stereocenters. The van der Waals surface area contributed by atoms with Crippen molar-refractivity contribution in [3.8, 4) is 17.3 Å². The van der Waals surface area contributed by atoms with Crippen LogP contribution in [-0.2, 0) is 18.9 Å². The molecule has 0 N–H and O–H groups in total. The molecular formula is C26H32N4O6. The number of benzene rings is 1. The highest BCUT2D eigenvalue weighted by Crippen LogP contribution is 2.32. The number of ether oxygens (including phenoxy) is 4. The molecule has 2 fully saturated rings. The van der Waals surface area contributed by atoms with Gasteiger partial charge in [-0.05, 0) is 40.5 Å². The Bertz CT molecular complexity index is 1140. The van der Waals surface area contributed by atoms with Crippen LogP contribution in [0.5, 0.6) is 0 Å². The number of carbonyl (C=O) groups excluding carboxylic acids is 2. The van der Waals surface area contributed by atoms with Crippen molar-refractivity contribution in [3.63, 3.8) is 0 Å². The Hall–Kier alpha value is -3.42. The van der Waals surface area contributed by atoms with Gasteiger partial charge in [-0.2, -0.15) is 10.4 Å². The van der Waals surface area contributed by atoms with E-state index in [-0.39, 0.29) is 23.9 Å². The first-order valence-corrected chi connectivity index (χ1v) is 12.2. The number of hydrogen-bond donors (Lipinski definition) is 0. The van der Waals surface area contributed by atoms with Crippen LogP contribution >= 0.6 is 0 Å². The number of amides is 1. The van der Waals surface area contributed by atoms with E-state index in [0.717, 1.165) is 5.56 Å². The van der Waals surface area contributed by atoms with Crippen LogP contribution in [0.25, 0.3) is 11.3 Å². The molecule has 3 heterocycles. The van der Waals surface area contributed by atoms with E-state index < -0.39 is 24.0 Å². The Balaban J connectivity index is 1.69. The number of esters is 1. The van der Waals surface area contributed by atoms with Gasteiger partial charge in [0.05, 0.1) is 25.9 Å². The number of aromatic nitrogens is 2. The van der Waals surface area contributed by atoms with Gasteiger partial charge in [-0.25, -0.2) is 9.59 Å². The van der Waals surface area contributed by atoms with E-state index in [1.807, 2.05) is 45.0 Å². The van der Waals surface area contributed by atoms with Crippen LogP contribution in [0, 0.1) is 11.3 Å². The maximum Gasteiger partial charge on any atom is 0.410 e. The average molecular weight is 497 g/mol. The van der Waals surface area contributed by atoms with Crippen molar-refractivity contribution in [1.82, 2.24) is 14.7 Å². The molecule has 2 aromatic rings. The SMILES string of the molecule is CCOC(=O)c1c(C#N)c(-c2ccc(C3OCCO3)cc2)nn1[C@@H]1CCCN(C(=O)OC(C)(C)C)C1. The van der Waals surface area contributed by atoms with Gasteiger partial charge in [0, 0.05) is 24.2 Å². The van der Waals surface area contributed by atoms with Gasteiger partial charge < -0.3 is 23.8 Å². The van der Waals surface area contributed by atoms with Crippen molar-refractivity contribution in [2.75, 3.05) is 32.9 Å². The van der Waals surface area contributed by atoms with E-state index in [9.17, 15) is 14.9 Å². The van der Waals surface area contributed by atoms with Gasteiger partial charge in [0.2, 0.25) is 0 Å². The molecule has 0 aliphatic carbocycles. The van der Waals surface area contributed by atoms with E-state index in [1.54, 1.807) is 16.5 Å². The topological polar surface area (TPSA) is 116 Å². The summed E-state index contributed by atoms with van der Waals surface area (Å²) in [5.74, 6) is -0.619. The summed E-state index contributed by atoms with van der Waals surface area (Å²) in [4.78, 5) is 27.3. The summed E-state index contributed by atoms with van der Waals surface area (Å²) in [6.07, 6.45) is 0.569. The molecule has 1 aromatic carbocycles. The third-order valence-electron chi connectivity index (χ3n) is 5.96. The standard InChI is InChI=1S/C26H32N4O6/c1-5-33-23(31)22-20(15-27)21(17-8-10-18(11-9-17)24-34-13-14-35-24)28-30(22)19-7-6-12-29(16-19)25(32)36-26(2,3)4/h8-11,19,24H,5-7,12-14,16H2,1-4H3/t19-/m1/s1. The molecule has 1 atom stereocenters. The highest BCUT2D eigenvalue weighted by atomic mass is 16.7. The number of nitrogens with zero attached hydrogens (tertiary/aromatic N) is 4. The Morgan fingerprint density at radius 1 is 1.19 bits per heavy atom. The summed E-state index contributed by atoms with van der Waals surface area (Å²) in [7, 11) is 0. The fourth-order valence-corrected chi connectivity index (χ4v) is 4.40. The van der Waals surface area contributed by atoms with E-state index in [1.165, 1.54) is 0 Å². The van der Waals surface area contributed by atoms with Gasteiger partial charge in [0.1, 0.15) is 22.9 Å². The minimum Gasteiger partial charge on any atom is -0.461 e. The normalized spacial score (nSPS) is 18.6. The lowest BCUT2D eigenvalue weighted by molar-refractivity contribution is -0.0441. The van der Waals surface area contributed by atoms with Crippen LogP contribution in [0.4, 0.5) is 4.79 Å². The summed E-state index contributed by atoms with van der Waals surface area (Å²) >= 11 is 0. The fraction of sp³-hybridized carbons (Fsp3) is 0.538. The number of piperidine rings is 1. The zero-order valence-electron chi connectivity index (χ0n) is 21.2. The summed E-state index contributed by atoms with van der Waals surface area (Å²) in [6, 6.07) is 9.23. The minimum absolute atomic E-state index is 0.0944. The molecule has 4 rings (SSSR count). The smallest absolute Gasteiger partial charge is 0.410 e. The maximum absolute atomic E-state index is 13.0. The van der Waals surface area contributed by atoms with Crippen LogP contribution in [-0.4, -0.2) is 65.3 Å². The lowest BCUT2D eigenvalue weighted by Gasteiger charge is -2.34. The maximum atomic E-state index is 13.0. The van der Waals surface area contributed by atoms with Crippen LogP contribution in [0.15, 0.2) is 24.3 Å². The second-order valence-corrected chi connectivity index (χ2v) is 9.77. The quantitative estimate of drug-likeness (QED) is 0.565. The number of carbonyl (C=O) groups is 2. The van der Waals surface area contributed by atoms with E-state index >= 15 is 0 Å². The Morgan fingerprint density at radius 3 is 2.50 bits per heavy atom. The second-order valence-electron chi connectivity index (χ2n) is 9.77. The van der Waals surface area contributed by atoms with Crippen molar-refractivity contribution < 1.29 is 28.5 Å². The van der Waals surface area contributed by atoms with Crippen LogP contribution < -0.4 is 0 Å². The Morgan fingerprint density at radius 2 is 1.89 bits per heavy atom. The predicted octanol–water partition coefficient (Wildman–Crippen LogP) is 4.22. The Labute approximate surface area is 210 Å².